The molecule has 0 radical (unpaired) electrons. The van der Waals surface area contributed by atoms with Crippen LogP contribution >= 0.6 is 0 Å². The minimum absolute atomic E-state index is 0.188. The third kappa shape index (κ3) is 5.67. The van der Waals surface area contributed by atoms with E-state index < -0.39 is 0 Å². The van der Waals surface area contributed by atoms with E-state index in [4.69, 9.17) is 14.2 Å². The fourth-order valence-corrected chi connectivity index (χ4v) is 2.61. The maximum absolute atomic E-state index is 11.8. The van der Waals surface area contributed by atoms with Gasteiger partial charge in [-0.2, -0.15) is 0 Å². The predicted octanol–water partition coefficient (Wildman–Crippen LogP) is 2.86. The summed E-state index contributed by atoms with van der Waals surface area (Å²) in [5, 5.41) is 5.65. The lowest BCUT2D eigenvalue weighted by atomic mass is 10.2. The zero-order valence-corrected chi connectivity index (χ0v) is 14.7. The molecule has 1 heterocycles. The van der Waals surface area contributed by atoms with E-state index in [1.54, 1.807) is 0 Å². The van der Waals surface area contributed by atoms with Crippen molar-refractivity contribution in [2.75, 3.05) is 26.6 Å². The largest absolute Gasteiger partial charge is 0.454 e. The Morgan fingerprint density at radius 1 is 0.962 bits per heavy atom. The van der Waals surface area contributed by atoms with Crippen molar-refractivity contribution in [3.63, 3.8) is 0 Å². The Labute approximate surface area is 153 Å². The second-order valence-corrected chi connectivity index (χ2v) is 6.00. The number of hydrogen-bond acceptors (Lipinski definition) is 4. The minimum atomic E-state index is -0.188. The molecule has 6 nitrogen and oxygen atoms in total. The third-order valence-electron chi connectivity index (χ3n) is 4.02. The highest BCUT2D eigenvalue weighted by Crippen LogP contribution is 2.32. The first-order chi connectivity index (χ1) is 12.8. The van der Waals surface area contributed by atoms with E-state index in [-0.39, 0.29) is 12.8 Å². The Hall–Kier alpha value is -2.73. The van der Waals surface area contributed by atoms with Crippen LogP contribution in [0.15, 0.2) is 48.5 Å². The van der Waals surface area contributed by atoms with E-state index >= 15 is 0 Å². The van der Waals surface area contributed by atoms with E-state index in [9.17, 15) is 4.79 Å². The van der Waals surface area contributed by atoms with Crippen LogP contribution in [0.3, 0.4) is 0 Å². The lowest BCUT2D eigenvalue weighted by Crippen LogP contribution is -2.35. The summed E-state index contributed by atoms with van der Waals surface area (Å²) in [4.78, 5) is 11.8. The van der Waals surface area contributed by atoms with Crippen molar-refractivity contribution in [1.82, 2.24) is 10.6 Å². The topological polar surface area (TPSA) is 68.8 Å². The number of nitrogens with one attached hydrogen (secondary N) is 2. The summed E-state index contributed by atoms with van der Waals surface area (Å²) in [6.45, 7) is 2.60. The van der Waals surface area contributed by atoms with Gasteiger partial charge in [0.15, 0.2) is 11.5 Å². The number of hydrogen-bond donors (Lipinski definition) is 2. The van der Waals surface area contributed by atoms with Gasteiger partial charge < -0.3 is 24.8 Å². The van der Waals surface area contributed by atoms with Crippen LogP contribution < -0.4 is 20.1 Å². The Bertz CT molecular complexity index is 706. The molecule has 2 amide bonds. The number of carbonyl (C=O) groups is 1. The summed E-state index contributed by atoms with van der Waals surface area (Å²) in [5.41, 5.74) is 2.24. The van der Waals surface area contributed by atoms with E-state index in [1.807, 2.05) is 36.4 Å². The van der Waals surface area contributed by atoms with E-state index in [1.165, 1.54) is 5.56 Å². The molecule has 1 aliphatic heterocycles. The van der Waals surface area contributed by atoms with Gasteiger partial charge in [-0.3, -0.25) is 0 Å². The Kier molecular flexibility index (Phi) is 6.73. The summed E-state index contributed by atoms with van der Waals surface area (Å²) in [6, 6.07) is 15.7. The molecule has 6 heteroatoms. The molecule has 2 aromatic rings. The number of benzene rings is 2. The maximum Gasteiger partial charge on any atom is 0.315 e. The second kappa shape index (κ2) is 9.68. The zero-order chi connectivity index (χ0) is 18.0. The SMILES string of the molecule is O=C(NCCCOCCc1ccccc1)NCc1ccc2c(c1)OCO2. The van der Waals surface area contributed by atoms with Crippen molar-refractivity contribution < 1.29 is 19.0 Å². The van der Waals surface area contributed by atoms with Crippen molar-refractivity contribution in [2.45, 2.75) is 19.4 Å². The molecule has 0 saturated carbocycles. The fraction of sp³-hybridized carbons (Fsp3) is 0.350. The highest BCUT2D eigenvalue weighted by Gasteiger charge is 2.13. The summed E-state index contributed by atoms with van der Waals surface area (Å²) >= 11 is 0. The Morgan fingerprint density at radius 2 is 1.81 bits per heavy atom. The average molecular weight is 356 g/mol. The van der Waals surface area contributed by atoms with Gasteiger partial charge in [-0.15, -0.1) is 0 Å². The van der Waals surface area contributed by atoms with Crippen LogP contribution in [0, 0.1) is 0 Å². The summed E-state index contributed by atoms with van der Waals surface area (Å²) in [6.07, 6.45) is 1.69. The van der Waals surface area contributed by atoms with Gasteiger partial charge in [0, 0.05) is 19.7 Å². The molecule has 0 aromatic heterocycles. The van der Waals surface area contributed by atoms with Gasteiger partial charge in [-0.05, 0) is 36.1 Å². The molecular weight excluding hydrogens is 332 g/mol. The molecule has 1 aliphatic rings. The number of fused-ring (bicyclic) bond motifs is 1. The first-order valence-electron chi connectivity index (χ1n) is 8.83. The molecule has 0 aliphatic carbocycles. The van der Waals surface area contributed by atoms with Crippen LogP contribution in [0.25, 0.3) is 0 Å². The van der Waals surface area contributed by atoms with Gasteiger partial charge in [-0.25, -0.2) is 4.79 Å². The molecule has 0 atom stereocenters. The summed E-state index contributed by atoms with van der Waals surface area (Å²) < 4.78 is 16.2. The predicted molar refractivity (Wildman–Crippen MR) is 98.4 cm³/mol. The zero-order valence-electron chi connectivity index (χ0n) is 14.7. The molecule has 0 fully saturated rings. The number of amides is 2. The molecule has 0 unspecified atom stereocenters. The van der Waals surface area contributed by atoms with Crippen LogP contribution in [0.1, 0.15) is 17.5 Å². The van der Waals surface area contributed by atoms with Crippen molar-refractivity contribution >= 4 is 6.03 Å². The number of urea groups is 1. The quantitative estimate of drug-likeness (QED) is 0.678. The molecule has 0 bridgehead atoms. The Balaban J connectivity index is 1.22. The smallest absolute Gasteiger partial charge is 0.315 e. The lowest BCUT2D eigenvalue weighted by Gasteiger charge is -2.09. The highest BCUT2D eigenvalue weighted by atomic mass is 16.7. The van der Waals surface area contributed by atoms with Gasteiger partial charge >= 0.3 is 6.03 Å². The van der Waals surface area contributed by atoms with E-state index in [0.29, 0.717) is 26.3 Å². The first-order valence-corrected chi connectivity index (χ1v) is 8.83. The summed E-state index contributed by atoms with van der Waals surface area (Å²) in [5.74, 6) is 1.46. The van der Waals surface area contributed by atoms with Crippen LogP contribution in [0.5, 0.6) is 11.5 Å². The maximum atomic E-state index is 11.8. The average Bonchev–Trinajstić information content (AvgIpc) is 3.14. The van der Waals surface area contributed by atoms with Crippen molar-refractivity contribution in [3.8, 4) is 11.5 Å². The van der Waals surface area contributed by atoms with Gasteiger partial charge in [0.1, 0.15) is 0 Å². The number of carbonyl (C=O) groups excluding carboxylic acids is 1. The van der Waals surface area contributed by atoms with E-state index in [2.05, 4.69) is 22.8 Å². The second-order valence-electron chi connectivity index (χ2n) is 6.00. The monoisotopic (exact) mass is 356 g/mol. The molecule has 26 heavy (non-hydrogen) atoms. The van der Waals surface area contributed by atoms with Crippen molar-refractivity contribution in [2.24, 2.45) is 0 Å². The minimum Gasteiger partial charge on any atom is -0.454 e. The molecule has 0 spiro atoms. The number of ether oxygens (including phenoxy) is 3. The fourth-order valence-electron chi connectivity index (χ4n) is 2.61. The highest BCUT2D eigenvalue weighted by molar-refractivity contribution is 5.73. The molecule has 138 valence electrons. The van der Waals surface area contributed by atoms with Crippen molar-refractivity contribution in [1.29, 1.82) is 0 Å². The molecular formula is C20H24N2O4. The molecule has 2 N–H and O–H groups in total. The van der Waals surface area contributed by atoms with Crippen LogP contribution in [0.2, 0.25) is 0 Å². The third-order valence-corrected chi connectivity index (χ3v) is 4.02. The Morgan fingerprint density at radius 3 is 2.69 bits per heavy atom. The lowest BCUT2D eigenvalue weighted by molar-refractivity contribution is 0.135. The van der Waals surface area contributed by atoms with Gasteiger partial charge in [0.2, 0.25) is 6.79 Å². The van der Waals surface area contributed by atoms with Crippen LogP contribution in [-0.2, 0) is 17.7 Å². The van der Waals surface area contributed by atoms with E-state index in [0.717, 1.165) is 29.9 Å². The van der Waals surface area contributed by atoms with Gasteiger partial charge in [-0.1, -0.05) is 36.4 Å². The van der Waals surface area contributed by atoms with Gasteiger partial charge in [0.25, 0.3) is 0 Å². The van der Waals surface area contributed by atoms with Crippen LogP contribution in [-0.4, -0.2) is 32.6 Å². The van der Waals surface area contributed by atoms with Gasteiger partial charge in [0.05, 0.1) is 6.61 Å². The van der Waals surface area contributed by atoms with Crippen LogP contribution in [0.4, 0.5) is 4.79 Å². The molecule has 2 aromatic carbocycles. The summed E-state index contributed by atoms with van der Waals surface area (Å²) in [7, 11) is 0. The molecule has 3 rings (SSSR count). The first kappa shape index (κ1) is 18.1. The van der Waals surface area contributed by atoms with Crippen molar-refractivity contribution in [3.05, 3.63) is 59.7 Å². The normalized spacial score (nSPS) is 12.0. The number of rotatable bonds is 9. The molecule has 0 saturated heterocycles. The standard InChI is InChI=1S/C20H24N2O4/c23-20(22-14-17-7-8-18-19(13-17)26-15-25-18)21-10-4-11-24-12-9-16-5-2-1-3-6-16/h1-3,5-8,13H,4,9-12,14-15H2,(H2,21,22,23).